The molecule has 2 saturated carbocycles. The number of ether oxygens (including phenoxy) is 1. The van der Waals surface area contributed by atoms with E-state index in [1.807, 2.05) is 0 Å². The molecule has 1 aromatic rings. The third-order valence-corrected chi connectivity index (χ3v) is 8.57. The summed E-state index contributed by atoms with van der Waals surface area (Å²) in [5, 5.41) is 3.18. The predicted molar refractivity (Wildman–Crippen MR) is 99.3 cm³/mol. The number of sulfonamides is 1. The van der Waals surface area contributed by atoms with Crippen molar-refractivity contribution in [2.24, 2.45) is 0 Å². The average Bonchev–Trinajstić information content (AvgIpc) is 3.59. The predicted octanol–water partition coefficient (Wildman–Crippen LogP) is 1.06. The second-order valence-electron chi connectivity index (χ2n) is 8.22. The van der Waals surface area contributed by atoms with Gasteiger partial charge in [0, 0.05) is 32.4 Å². The zero-order chi connectivity index (χ0) is 18.8. The minimum atomic E-state index is -3.23. The number of carbonyl (C=O) groups is 1. The normalized spacial score (nSPS) is 25.9. The zero-order valence-corrected chi connectivity index (χ0v) is 16.2. The Bertz CT molecular complexity index is 895. The van der Waals surface area contributed by atoms with Crippen LogP contribution in [0.4, 0.5) is 5.82 Å². The SMILES string of the molecule is CN([C@H]1CCN(C(=O)c2cnc3c(c2)OCC2(CC2)N3)C1)S(=O)(=O)C1CC1. The fourth-order valence-electron chi connectivity index (χ4n) is 3.90. The molecule has 1 N–H and O–H groups in total. The molecule has 5 rings (SSSR count). The Kier molecular flexibility index (Phi) is 3.71. The molecular formula is C18H24N4O4S. The summed E-state index contributed by atoms with van der Waals surface area (Å²) >= 11 is 0. The van der Waals surface area contributed by atoms with E-state index in [2.05, 4.69) is 10.3 Å². The molecule has 1 atom stereocenters. The number of anilines is 1. The molecule has 3 fully saturated rings. The Balaban J connectivity index is 1.28. The van der Waals surface area contributed by atoms with Crippen molar-refractivity contribution in [1.82, 2.24) is 14.2 Å². The van der Waals surface area contributed by atoms with Gasteiger partial charge in [0.2, 0.25) is 10.0 Å². The van der Waals surface area contributed by atoms with Crippen LogP contribution < -0.4 is 10.1 Å². The van der Waals surface area contributed by atoms with Crippen LogP contribution in [0.2, 0.25) is 0 Å². The smallest absolute Gasteiger partial charge is 0.255 e. The molecule has 1 spiro atoms. The van der Waals surface area contributed by atoms with Crippen LogP contribution in [0.15, 0.2) is 12.3 Å². The van der Waals surface area contributed by atoms with Gasteiger partial charge in [-0.2, -0.15) is 4.31 Å². The van der Waals surface area contributed by atoms with Crippen molar-refractivity contribution >= 4 is 21.7 Å². The first-order chi connectivity index (χ1) is 12.9. The van der Waals surface area contributed by atoms with Crippen molar-refractivity contribution in [3.63, 3.8) is 0 Å². The van der Waals surface area contributed by atoms with Crippen molar-refractivity contribution in [1.29, 1.82) is 0 Å². The second-order valence-corrected chi connectivity index (χ2v) is 10.5. The van der Waals surface area contributed by atoms with E-state index in [0.29, 0.717) is 43.2 Å². The lowest BCUT2D eigenvalue weighted by atomic mass is 10.2. The van der Waals surface area contributed by atoms with E-state index in [4.69, 9.17) is 4.74 Å². The highest BCUT2D eigenvalue weighted by molar-refractivity contribution is 7.90. The Morgan fingerprint density at radius 2 is 2.15 bits per heavy atom. The average molecular weight is 392 g/mol. The van der Waals surface area contributed by atoms with Crippen LogP contribution in [0.5, 0.6) is 5.75 Å². The maximum Gasteiger partial charge on any atom is 0.255 e. The number of pyridine rings is 1. The zero-order valence-electron chi connectivity index (χ0n) is 15.3. The summed E-state index contributed by atoms with van der Waals surface area (Å²) < 4.78 is 32.2. The van der Waals surface area contributed by atoms with Gasteiger partial charge in [-0.1, -0.05) is 0 Å². The van der Waals surface area contributed by atoms with Crippen molar-refractivity contribution in [3.8, 4) is 5.75 Å². The Morgan fingerprint density at radius 3 is 2.85 bits per heavy atom. The van der Waals surface area contributed by atoms with Crippen LogP contribution in [0.3, 0.4) is 0 Å². The number of fused-ring (bicyclic) bond motifs is 1. The molecule has 0 bridgehead atoms. The Morgan fingerprint density at radius 1 is 1.37 bits per heavy atom. The van der Waals surface area contributed by atoms with Crippen LogP contribution in [0.25, 0.3) is 0 Å². The van der Waals surface area contributed by atoms with E-state index in [9.17, 15) is 13.2 Å². The number of hydrogen-bond donors (Lipinski definition) is 1. The van der Waals surface area contributed by atoms with E-state index in [0.717, 1.165) is 25.7 Å². The van der Waals surface area contributed by atoms with Crippen LogP contribution in [0, 0.1) is 0 Å². The summed E-state index contributed by atoms with van der Waals surface area (Å²) in [6.07, 6.45) is 5.91. The van der Waals surface area contributed by atoms with Gasteiger partial charge in [-0.25, -0.2) is 13.4 Å². The van der Waals surface area contributed by atoms with Crippen molar-refractivity contribution < 1.29 is 17.9 Å². The number of nitrogens with one attached hydrogen (secondary N) is 1. The first kappa shape index (κ1) is 17.2. The van der Waals surface area contributed by atoms with Gasteiger partial charge in [0.25, 0.3) is 5.91 Å². The highest BCUT2D eigenvalue weighted by atomic mass is 32.2. The molecule has 0 unspecified atom stereocenters. The highest BCUT2D eigenvalue weighted by Crippen LogP contribution is 2.44. The molecule has 27 heavy (non-hydrogen) atoms. The molecule has 0 radical (unpaired) electrons. The number of likely N-dealkylation sites (N-methyl/N-ethyl adjacent to an activating group) is 1. The van der Waals surface area contributed by atoms with E-state index >= 15 is 0 Å². The molecule has 9 heteroatoms. The number of aromatic nitrogens is 1. The van der Waals surface area contributed by atoms with E-state index in [-0.39, 0.29) is 22.7 Å². The molecule has 1 amide bonds. The molecule has 4 aliphatic rings. The van der Waals surface area contributed by atoms with E-state index in [1.165, 1.54) is 4.31 Å². The first-order valence-corrected chi connectivity index (χ1v) is 11.1. The number of rotatable bonds is 4. The third kappa shape index (κ3) is 2.97. The van der Waals surface area contributed by atoms with Crippen LogP contribution >= 0.6 is 0 Å². The van der Waals surface area contributed by atoms with Gasteiger partial charge < -0.3 is 15.0 Å². The minimum absolute atomic E-state index is 0.0470. The minimum Gasteiger partial charge on any atom is -0.487 e. The summed E-state index contributed by atoms with van der Waals surface area (Å²) in [5.74, 6) is 1.19. The molecular weight excluding hydrogens is 368 g/mol. The van der Waals surface area contributed by atoms with Gasteiger partial charge in [-0.05, 0) is 38.2 Å². The van der Waals surface area contributed by atoms with Gasteiger partial charge in [-0.15, -0.1) is 0 Å². The number of amides is 1. The van der Waals surface area contributed by atoms with E-state index < -0.39 is 10.0 Å². The molecule has 1 saturated heterocycles. The fraction of sp³-hybridized carbons (Fsp3) is 0.667. The number of carbonyl (C=O) groups excluding carboxylic acids is 1. The Labute approximate surface area is 158 Å². The lowest BCUT2D eigenvalue weighted by Gasteiger charge is -2.27. The van der Waals surface area contributed by atoms with Gasteiger partial charge >= 0.3 is 0 Å². The lowest BCUT2D eigenvalue weighted by molar-refractivity contribution is 0.0785. The van der Waals surface area contributed by atoms with Gasteiger partial charge in [0.15, 0.2) is 11.6 Å². The maximum absolute atomic E-state index is 12.9. The van der Waals surface area contributed by atoms with Gasteiger partial charge in [0.1, 0.15) is 6.61 Å². The summed E-state index contributed by atoms with van der Waals surface area (Å²) in [7, 11) is -1.59. The molecule has 3 heterocycles. The summed E-state index contributed by atoms with van der Waals surface area (Å²) in [5.41, 5.74) is 0.529. The van der Waals surface area contributed by atoms with Crippen LogP contribution in [-0.2, 0) is 10.0 Å². The maximum atomic E-state index is 12.9. The molecule has 8 nitrogen and oxygen atoms in total. The molecule has 0 aromatic carbocycles. The standard InChI is InChI=1S/C18H24N4O4S/c1-21(27(24,25)14-2-3-14)13-4-7-22(10-13)17(23)12-8-15-16(19-9-12)20-18(5-6-18)11-26-15/h8-9,13-14H,2-7,10-11H2,1H3,(H,19,20)/t13-/m0/s1. The molecule has 2 aliphatic heterocycles. The Hall–Kier alpha value is -1.87. The first-order valence-electron chi connectivity index (χ1n) is 9.55. The fourth-order valence-corrected chi connectivity index (χ4v) is 5.69. The quantitative estimate of drug-likeness (QED) is 0.824. The van der Waals surface area contributed by atoms with Crippen molar-refractivity contribution in [2.75, 3.05) is 32.1 Å². The van der Waals surface area contributed by atoms with Crippen LogP contribution in [0.1, 0.15) is 42.5 Å². The molecule has 146 valence electrons. The lowest BCUT2D eigenvalue weighted by Crippen LogP contribution is -2.41. The van der Waals surface area contributed by atoms with Gasteiger partial charge in [-0.3, -0.25) is 4.79 Å². The third-order valence-electron chi connectivity index (χ3n) is 6.15. The van der Waals surface area contributed by atoms with Crippen molar-refractivity contribution in [3.05, 3.63) is 17.8 Å². The second kappa shape index (κ2) is 5.81. The summed E-state index contributed by atoms with van der Waals surface area (Å²) in [6.45, 7) is 1.57. The monoisotopic (exact) mass is 392 g/mol. The number of nitrogens with zero attached hydrogens (tertiary/aromatic N) is 3. The van der Waals surface area contributed by atoms with Crippen molar-refractivity contribution in [2.45, 2.75) is 48.9 Å². The molecule has 2 aliphatic carbocycles. The topological polar surface area (TPSA) is 91.8 Å². The number of hydrogen-bond acceptors (Lipinski definition) is 6. The van der Waals surface area contributed by atoms with E-state index in [1.54, 1.807) is 24.2 Å². The summed E-state index contributed by atoms with van der Waals surface area (Å²) in [4.78, 5) is 19.0. The van der Waals surface area contributed by atoms with Crippen LogP contribution in [-0.4, -0.2) is 72.1 Å². The van der Waals surface area contributed by atoms with Gasteiger partial charge in [0.05, 0.1) is 16.4 Å². The summed E-state index contributed by atoms with van der Waals surface area (Å²) in [6, 6.07) is 1.59. The molecule has 1 aromatic heterocycles. The highest BCUT2D eigenvalue weighted by Gasteiger charge is 2.47. The number of likely N-dealkylation sites (tertiary alicyclic amines) is 1. The largest absolute Gasteiger partial charge is 0.487 e.